The van der Waals surface area contributed by atoms with Crippen LogP contribution in [-0.4, -0.2) is 76.5 Å². The molecule has 8 heteroatoms. The van der Waals surface area contributed by atoms with E-state index in [1.807, 2.05) is 30.0 Å². The number of ketones is 1. The van der Waals surface area contributed by atoms with Gasteiger partial charge in [-0.05, 0) is 49.7 Å². The second-order valence-corrected chi connectivity index (χ2v) is 9.64. The average molecular weight is 481 g/mol. The van der Waals surface area contributed by atoms with Crippen LogP contribution in [0.1, 0.15) is 40.1 Å². The molecule has 2 aromatic carbocycles. The number of rotatable bonds is 5. The number of carbonyl (C=O) groups excluding carboxylic acids is 3. The molecule has 0 radical (unpaired) electrons. The molecule has 2 unspecified atom stereocenters. The van der Waals surface area contributed by atoms with Gasteiger partial charge in [0, 0.05) is 73.5 Å². The third kappa shape index (κ3) is 4.72. The van der Waals surface area contributed by atoms with E-state index >= 15 is 0 Å². The standard InChI is InChI=1S/C26H29ClN4O3/c1-16-14-31(17(2)13-30(16)15-18-6-5-7-20(27)10-18)25(33)19-8-9-23-21(11-19)22(12-28-23)24(32)26(34)29(3)4/h5-12,16-17,28H,13-15H2,1-4H3. The highest BCUT2D eigenvalue weighted by Crippen LogP contribution is 2.25. The fourth-order valence-corrected chi connectivity index (χ4v) is 4.71. The smallest absolute Gasteiger partial charge is 0.294 e. The van der Waals surface area contributed by atoms with Gasteiger partial charge < -0.3 is 14.8 Å². The number of benzene rings is 2. The van der Waals surface area contributed by atoms with E-state index in [1.165, 1.54) is 11.1 Å². The molecule has 1 N–H and O–H groups in total. The maximum atomic E-state index is 13.5. The molecule has 2 atom stereocenters. The van der Waals surface area contributed by atoms with E-state index in [-0.39, 0.29) is 23.6 Å². The van der Waals surface area contributed by atoms with Crippen LogP contribution in [-0.2, 0) is 11.3 Å². The second kappa shape index (κ2) is 9.60. The van der Waals surface area contributed by atoms with Gasteiger partial charge in [0.1, 0.15) is 0 Å². The molecule has 0 bridgehead atoms. The summed E-state index contributed by atoms with van der Waals surface area (Å²) in [5.74, 6) is -1.28. The van der Waals surface area contributed by atoms with Gasteiger partial charge in [-0.1, -0.05) is 23.7 Å². The molecule has 0 saturated carbocycles. The highest BCUT2D eigenvalue weighted by molar-refractivity contribution is 6.44. The first kappa shape index (κ1) is 24.0. The molecule has 178 valence electrons. The highest BCUT2D eigenvalue weighted by Gasteiger charge is 2.33. The summed E-state index contributed by atoms with van der Waals surface area (Å²) in [6.07, 6.45) is 1.53. The number of piperazine rings is 1. The number of hydrogen-bond acceptors (Lipinski definition) is 4. The zero-order chi connectivity index (χ0) is 24.6. The summed E-state index contributed by atoms with van der Waals surface area (Å²) >= 11 is 6.14. The van der Waals surface area contributed by atoms with Crippen molar-refractivity contribution in [1.29, 1.82) is 0 Å². The molecule has 1 aliphatic rings. The number of carbonyl (C=O) groups is 3. The summed E-state index contributed by atoms with van der Waals surface area (Å²) in [6.45, 7) is 6.28. The Hall–Kier alpha value is -3.16. The van der Waals surface area contributed by atoms with Crippen molar-refractivity contribution in [2.45, 2.75) is 32.5 Å². The predicted molar refractivity (Wildman–Crippen MR) is 133 cm³/mol. The van der Waals surface area contributed by atoms with Crippen LogP contribution in [0.5, 0.6) is 0 Å². The van der Waals surface area contributed by atoms with Crippen LogP contribution in [0.3, 0.4) is 0 Å². The van der Waals surface area contributed by atoms with Crippen LogP contribution in [0.15, 0.2) is 48.7 Å². The van der Waals surface area contributed by atoms with Crippen LogP contribution in [0.25, 0.3) is 10.9 Å². The Balaban J connectivity index is 1.53. The van der Waals surface area contributed by atoms with Crippen molar-refractivity contribution in [3.63, 3.8) is 0 Å². The van der Waals surface area contributed by atoms with E-state index in [2.05, 4.69) is 22.9 Å². The van der Waals surface area contributed by atoms with Gasteiger partial charge in [0.15, 0.2) is 0 Å². The molecule has 0 spiro atoms. The van der Waals surface area contributed by atoms with E-state index < -0.39 is 11.7 Å². The Bertz CT molecular complexity index is 1250. The van der Waals surface area contributed by atoms with Crippen molar-refractivity contribution in [2.24, 2.45) is 0 Å². The number of amides is 2. The number of nitrogens with one attached hydrogen (secondary N) is 1. The lowest BCUT2D eigenvalue weighted by atomic mass is 10.0. The Labute approximate surface area is 204 Å². The van der Waals surface area contributed by atoms with E-state index in [0.717, 1.165) is 23.7 Å². The van der Waals surface area contributed by atoms with Gasteiger partial charge in [-0.2, -0.15) is 0 Å². The first-order valence-electron chi connectivity index (χ1n) is 11.3. The quantitative estimate of drug-likeness (QED) is 0.445. The Morgan fingerprint density at radius 2 is 1.82 bits per heavy atom. The largest absolute Gasteiger partial charge is 0.360 e. The van der Waals surface area contributed by atoms with E-state index in [0.29, 0.717) is 23.0 Å². The van der Waals surface area contributed by atoms with Crippen LogP contribution in [0.2, 0.25) is 5.02 Å². The third-order valence-electron chi connectivity index (χ3n) is 6.42. The monoisotopic (exact) mass is 480 g/mol. The molecule has 1 saturated heterocycles. The lowest BCUT2D eigenvalue weighted by Crippen LogP contribution is -2.57. The van der Waals surface area contributed by atoms with Gasteiger partial charge >= 0.3 is 0 Å². The predicted octanol–water partition coefficient (Wildman–Crippen LogP) is 3.83. The Morgan fingerprint density at radius 1 is 1.06 bits per heavy atom. The zero-order valence-corrected chi connectivity index (χ0v) is 20.6. The van der Waals surface area contributed by atoms with Crippen molar-refractivity contribution in [3.8, 4) is 0 Å². The van der Waals surface area contributed by atoms with Crippen LogP contribution in [0, 0.1) is 0 Å². The molecule has 7 nitrogen and oxygen atoms in total. The molecule has 1 aromatic heterocycles. The average Bonchev–Trinajstić information content (AvgIpc) is 3.23. The van der Waals surface area contributed by atoms with Gasteiger partial charge in [-0.3, -0.25) is 19.3 Å². The third-order valence-corrected chi connectivity index (χ3v) is 6.66. The summed E-state index contributed by atoms with van der Waals surface area (Å²) in [5.41, 5.74) is 2.63. The number of likely N-dealkylation sites (N-methyl/N-ethyl adjacent to an activating group) is 1. The Kier molecular flexibility index (Phi) is 6.77. The summed E-state index contributed by atoms with van der Waals surface area (Å²) in [4.78, 5) is 46.8. The highest BCUT2D eigenvalue weighted by atomic mass is 35.5. The first-order chi connectivity index (χ1) is 16.2. The van der Waals surface area contributed by atoms with Crippen molar-refractivity contribution in [3.05, 3.63) is 70.4 Å². The topological polar surface area (TPSA) is 76.7 Å². The van der Waals surface area contributed by atoms with Gasteiger partial charge in [0.05, 0.1) is 5.56 Å². The first-order valence-corrected chi connectivity index (χ1v) is 11.7. The molecule has 34 heavy (non-hydrogen) atoms. The van der Waals surface area contributed by atoms with Gasteiger partial charge in [-0.15, -0.1) is 0 Å². The number of hydrogen-bond donors (Lipinski definition) is 1. The molecule has 2 amide bonds. The summed E-state index contributed by atoms with van der Waals surface area (Å²) < 4.78 is 0. The Morgan fingerprint density at radius 3 is 2.53 bits per heavy atom. The maximum absolute atomic E-state index is 13.5. The van der Waals surface area contributed by atoms with Crippen LogP contribution in [0.4, 0.5) is 0 Å². The number of H-pyrrole nitrogens is 1. The fraction of sp³-hybridized carbons (Fsp3) is 0.346. The second-order valence-electron chi connectivity index (χ2n) is 9.21. The van der Waals surface area contributed by atoms with Crippen molar-refractivity contribution in [2.75, 3.05) is 27.2 Å². The molecule has 2 heterocycles. The van der Waals surface area contributed by atoms with E-state index in [9.17, 15) is 14.4 Å². The van der Waals surface area contributed by atoms with Crippen molar-refractivity contribution < 1.29 is 14.4 Å². The zero-order valence-electron chi connectivity index (χ0n) is 19.8. The number of halogens is 1. The minimum Gasteiger partial charge on any atom is -0.360 e. The number of aromatic amines is 1. The van der Waals surface area contributed by atoms with E-state index in [1.54, 1.807) is 32.3 Å². The van der Waals surface area contributed by atoms with E-state index in [4.69, 9.17) is 11.6 Å². The van der Waals surface area contributed by atoms with Gasteiger partial charge in [0.2, 0.25) is 0 Å². The number of aromatic nitrogens is 1. The molecule has 1 fully saturated rings. The summed E-state index contributed by atoms with van der Waals surface area (Å²) in [7, 11) is 3.08. The molecular weight excluding hydrogens is 452 g/mol. The normalized spacial score (nSPS) is 18.8. The number of Topliss-reactive ketones (excluding diaryl/α,β-unsaturated/α-hetero) is 1. The lowest BCUT2D eigenvalue weighted by molar-refractivity contribution is -0.124. The summed E-state index contributed by atoms with van der Waals surface area (Å²) in [6, 6.07) is 13.3. The molecular formula is C26H29ClN4O3. The van der Waals surface area contributed by atoms with Crippen LogP contribution >= 0.6 is 11.6 Å². The minimum atomic E-state index is -0.601. The molecule has 0 aliphatic carbocycles. The maximum Gasteiger partial charge on any atom is 0.294 e. The SMILES string of the molecule is CC1CN(C(=O)c2ccc3[nH]cc(C(=O)C(=O)N(C)C)c3c2)C(C)CN1Cc1cccc(Cl)c1. The fourth-order valence-electron chi connectivity index (χ4n) is 4.50. The number of fused-ring (bicyclic) bond motifs is 1. The van der Waals surface area contributed by atoms with Crippen LogP contribution < -0.4 is 0 Å². The number of nitrogens with zero attached hydrogens (tertiary/aromatic N) is 3. The van der Waals surface area contributed by atoms with Crippen molar-refractivity contribution in [1.82, 2.24) is 19.7 Å². The molecule has 4 rings (SSSR count). The van der Waals surface area contributed by atoms with Crippen molar-refractivity contribution >= 4 is 40.1 Å². The lowest BCUT2D eigenvalue weighted by Gasteiger charge is -2.44. The van der Waals surface area contributed by atoms with Gasteiger partial charge in [-0.25, -0.2) is 0 Å². The summed E-state index contributed by atoms with van der Waals surface area (Å²) in [5, 5.41) is 1.30. The molecule has 3 aromatic rings. The van der Waals surface area contributed by atoms with Gasteiger partial charge in [0.25, 0.3) is 17.6 Å². The molecule has 1 aliphatic heterocycles. The minimum absolute atomic E-state index is 0.0150.